The number of guanidine groups is 1. The van der Waals surface area contributed by atoms with Crippen LogP contribution in [0, 0.1) is 0 Å². The van der Waals surface area contributed by atoms with Gasteiger partial charge in [0, 0.05) is 4.88 Å². The van der Waals surface area contributed by atoms with Crippen LogP contribution in [0.3, 0.4) is 0 Å². The highest BCUT2D eigenvalue weighted by Crippen LogP contribution is 2.22. The monoisotopic (exact) mass is 233 g/mol. The summed E-state index contributed by atoms with van der Waals surface area (Å²) in [4.78, 5) is 5.01. The molecule has 0 aliphatic heterocycles. The third kappa shape index (κ3) is 2.90. The summed E-state index contributed by atoms with van der Waals surface area (Å²) in [6.07, 6.45) is 0. The molecule has 0 saturated carbocycles. The number of hydrogen-bond acceptors (Lipinski definition) is 2. The van der Waals surface area contributed by atoms with E-state index < -0.39 is 0 Å². The van der Waals surface area contributed by atoms with E-state index in [-0.39, 0.29) is 5.96 Å². The molecular weight excluding hydrogens is 226 g/mol. The van der Waals surface area contributed by atoms with Crippen molar-refractivity contribution in [2.75, 3.05) is 0 Å². The van der Waals surface area contributed by atoms with Gasteiger partial charge in [0.25, 0.3) is 0 Å². The Labute approximate surface area is 77.2 Å². The first-order valence-electron chi connectivity index (χ1n) is 2.98. The van der Waals surface area contributed by atoms with E-state index in [0.29, 0.717) is 6.54 Å². The van der Waals surface area contributed by atoms with Gasteiger partial charge < -0.3 is 11.5 Å². The molecule has 0 amide bonds. The molecule has 1 heterocycles. The van der Waals surface area contributed by atoms with Crippen molar-refractivity contribution in [3.8, 4) is 0 Å². The van der Waals surface area contributed by atoms with Gasteiger partial charge in [0.05, 0.1) is 10.3 Å². The van der Waals surface area contributed by atoms with Crippen molar-refractivity contribution in [1.82, 2.24) is 0 Å². The van der Waals surface area contributed by atoms with Crippen LogP contribution in [0.5, 0.6) is 0 Å². The predicted molar refractivity (Wildman–Crippen MR) is 51.5 cm³/mol. The minimum absolute atomic E-state index is 0.134. The van der Waals surface area contributed by atoms with Crippen LogP contribution in [0.2, 0.25) is 0 Å². The average molecular weight is 234 g/mol. The fourth-order valence-corrected chi connectivity index (χ4v) is 2.01. The topological polar surface area (TPSA) is 64.4 Å². The summed E-state index contributed by atoms with van der Waals surface area (Å²) in [5.74, 6) is 0.134. The van der Waals surface area contributed by atoms with Crippen molar-refractivity contribution < 1.29 is 0 Å². The van der Waals surface area contributed by atoms with Gasteiger partial charge in [-0.2, -0.15) is 0 Å². The molecule has 3 nitrogen and oxygen atoms in total. The van der Waals surface area contributed by atoms with Gasteiger partial charge in [0.2, 0.25) is 0 Å². The fourth-order valence-electron chi connectivity index (χ4n) is 0.606. The molecule has 5 heteroatoms. The van der Waals surface area contributed by atoms with Crippen molar-refractivity contribution in [3.63, 3.8) is 0 Å². The van der Waals surface area contributed by atoms with E-state index in [1.165, 1.54) is 0 Å². The summed E-state index contributed by atoms with van der Waals surface area (Å²) >= 11 is 4.97. The molecule has 0 aliphatic rings. The second kappa shape index (κ2) is 3.73. The number of aliphatic imine (C=N–C) groups is 1. The van der Waals surface area contributed by atoms with Crippen LogP contribution < -0.4 is 11.5 Å². The lowest BCUT2D eigenvalue weighted by Crippen LogP contribution is -2.22. The van der Waals surface area contributed by atoms with Crippen molar-refractivity contribution >= 4 is 33.2 Å². The first-order valence-corrected chi connectivity index (χ1v) is 4.59. The Bertz CT molecular complexity index is 265. The average Bonchev–Trinajstić information content (AvgIpc) is 2.31. The zero-order chi connectivity index (χ0) is 8.27. The van der Waals surface area contributed by atoms with Gasteiger partial charge in [-0.3, -0.25) is 0 Å². The molecule has 1 rings (SSSR count). The molecule has 4 N–H and O–H groups in total. The van der Waals surface area contributed by atoms with Gasteiger partial charge in [-0.05, 0) is 28.1 Å². The minimum atomic E-state index is 0.134. The standard InChI is InChI=1S/C6H8BrN3S/c7-5-2-1-4(11-5)3-10-6(8)9/h1-2H,3H2,(H4,8,9,10). The Hall–Kier alpha value is -0.550. The van der Waals surface area contributed by atoms with Crippen LogP contribution in [0.15, 0.2) is 20.9 Å². The second-order valence-electron chi connectivity index (χ2n) is 1.95. The normalized spacial score (nSPS) is 9.55. The van der Waals surface area contributed by atoms with E-state index in [2.05, 4.69) is 20.9 Å². The zero-order valence-electron chi connectivity index (χ0n) is 5.75. The van der Waals surface area contributed by atoms with Crippen LogP contribution in [-0.2, 0) is 6.54 Å². The highest BCUT2D eigenvalue weighted by atomic mass is 79.9. The summed E-state index contributed by atoms with van der Waals surface area (Å²) < 4.78 is 1.10. The molecule has 0 bridgehead atoms. The summed E-state index contributed by atoms with van der Waals surface area (Å²) in [5.41, 5.74) is 10.3. The van der Waals surface area contributed by atoms with E-state index >= 15 is 0 Å². The molecular formula is C6H8BrN3S. The molecule has 0 aromatic carbocycles. The molecule has 0 radical (unpaired) electrons. The minimum Gasteiger partial charge on any atom is -0.370 e. The summed E-state index contributed by atoms with van der Waals surface area (Å²) in [6.45, 7) is 0.568. The molecule has 0 fully saturated rings. The number of thiophene rings is 1. The number of halogens is 1. The maximum Gasteiger partial charge on any atom is 0.186 e. The number of nitrogens with two attached hydrogens (primary N) is 2. The maximum atomic E-state index is 5.17. The Morgan fingerprint density at radius 2 is 2.27 bits per heavy atom. The highest BCUT2D eigenvalue weighted by molar-refractivity contribution is 9.11. The van der Waals surface area contributed by atoms with Crippen LogP contribution in [0.1, 0.15) is 4.88 Å². The first-order chi connectivity index (χ1) is 5.18. The van der Waals surface area contributed by atoms with E-state index in [9.17, 15) is 0 Å². The van der Waals surface area contributed by atoms with Gasteiger partial charge in [0.1, 0.15) is 0 Å². The second-order valence-corrected chi connectivity index (χ2v) is 4.49. The number of hydrogen-bond donors (Lipinski definition) is 2. The predicted octanol–water partition coefficient (Wildman–Crippen LogP) is 1.28. The third-order valence-corrected chi connectivity index (χ3v) is 2.65. The quantitative estimate of drug-likeness (QED) is 0.598. The lowest BCUT2D eigenvalue weighted by Gasteiger charge is -1.89. The Kier molecular flexibility index (Phi) is 2.90. The van der Waals surface area contributed by atoms with Gasteiger partial charge in [0.15, 0.2) is 5.96 Å². The third-order valence-electron chi connectivity index (χ3n) is 1.05. The van der Waals surface area contributed by atoms with Gasteiger partial charge >= 0.3 is 0 Å². The fraction of sp³-hybridized carbons (Fsp3) is 0.167. The molecule has 0 aliphatic carbocycles. The Balaban J connectivity index is 2.58. The van der Waals surface area contributed by atoms with Crippen LogP contribution in [0.25, 0.3) is 0 Å². The van der Waals surface area contributed by atoms with Crippen molar-refractivity contribution in [2.45, 2.75) is 6.54 Å². The molecule has 1 aromatic heterocycles. The van der Waals surface area contributed by atoms with Gasteiger partial charge in [-0.25, -0.2) is 4.99 Å². The summed E-state index contributed by atoms with van der Waals surface area (Å²) in [5, 5.41) is 0. The molecule has 0 atom stereocenters. The van der Waals surface area contributed by atoms with E-state index in [1.54, 1.807) is 11.3 Å². The zero-order valence-corrected chi connectivity index (χ0v) is 8.15. The first kappa shape index (κ1) is 8.55. The van der Waals surface area contributed by atoms with Crippen molar-refractivity contribution in [2.24, 2.45) is 16.5 Å². The molecule has 0 spiro atoms. The Morgan fingerprint density at radius 1 is 1.55 bits per heavy atom. The van der Waals surface area contributed by atoms with E-state index in [0.717, 1.165) is 8.66 Å². The lowest BCUT2D eigenvalue weighted by molar-refractivity contribution is 1.09. The molecule has 1 aromatic rings. The van der Waals surface area contributed by atoms with Crippen LogP contribution in [0.4, 0.5) is 0 Å². The molecule has 0 saturated heterocycles. The van der Waals surface area contributed by atoms with Crippen molar-refractivity contribution in [3.05, 3.63) is 20.8 Å². The highest BCUT2D eigenvalue weighted by Gasteiger charge is 1.94. The lowest BCUT2D eigenvalue weighted by atomic mass is 10.5. The van der Waals surface area contributed by atoms with E-state index in [1.807, 2.05) is 12.1 Å². The molecule has 0 unspecified atom stereocenters. The van der Waals surface area contributed by atoms with Crippen molar-refractivity contribution in [1.29, 1.82) is 0 Å². The SMILES string of the molecule is NC(N)=NCc1ccc(Br)s1. The largest absolute Gasteiger partial charge is 0.370 e. The Morgan fingerprint density at radius 3 is 2.73 bits per heavy atom. The van der Waals surface area contributed by atoms with Gasteiger partial charge in [-0.15, -0.1) is 11.3 Å². The maximum absolute atomic E-state index is 5.17. The smallest absolute Gasteiger partial charge is 0.186 e. The summed E-state index contributed by atoms with van der Waals surface area (Å²) in [7, 11) is 0. The van der Waals surface area contributed by atoms with Gasteiger partial charge in [-0.1, -0.05) is 0 Å². The van der Waals surface area contributed by atoms with Crippen LogP contribution in [-0.4, -0.2) is 5.96 Å². The molecule has 11 heavy (non-hydrogen) atoms. The molecule has 60 valence electrons. The number of rotatable bonds is 2. The summed E-state index contributed by atoms with van der Waals surface area (Å²) in [6, 6.07) is 3.96. The van der Waals surface area contributed by atoms with Crippen LogP contribution >= 0.6 is 27.3 Å². The van der Waals surface area contributed by atoms with E-state index in [4.69, 9.17) is 11.5 Å². The number of nitrogens with zero attached hydrogens (tertiary/aromatic N) is 1.